The van der Waals surface area contributed by atoms with Gasteiger partial charge in [0.2, 0.25) is 5.91 Å². The van der Waals surface area contributed by atoms with Gasteiger partial charge in [-0.05, 0) is 24.1 Å². The van der Waals surface area contributed by atoms with Crippen molar-refractivity contribution in [2.75, 3.05) is 6.54 Å². The van der Waals surface area contributed by atoms with Crippen LogP contribution >= 0.6 is 0 Å². The molecule has 1 amide bonds. The lowest BCUT2D eigenvalue weighted by molar-refractivity contribution is -0.132. The summed E-state index contributed by atoms with van der Waals surface area (Å²) in [5.41, 5.74) is 0.975. The van der Waals surface area contributed by atoms with Gasteiger partial charge in [0.25, 0.3) is 0 Å². The maximum Gasteiger partial charge on any atom is 0.223 e. The molecule has 1 aromatic carbocycles. The minimum absolute atomic E-state index is 0.0792. The molecule has 2 aromatic rings. The minimum Gasteiger partial charge on any atom is -0.331 e. The maximum absolute atomic E-state index is 14.4. The monoisotopic (exact) mass is 318 g/mol. The Labute approximate surface area is 135 Å². The van der Waals surface area contributed by atoms with E-state index in [-0.39, 0.29) is 11.5 Å². The van der Waals surface area contributed by atoms with Crippen molar-refractivity contribution in [1.82, 2.24) is 9.88 Å². The van der Waals surface area contributed by atoms with Gasteiger partial charge in [-0.2, -0.15) is 0 Å². The predicted molar refractivity (Wildman–Crippen MR) is 84.7 cm³/mol. The largest absolute Gasteiger partial charge is 0.331 e. The third-order valence-electron chi connectivity index (χ3n) is 3.66. The number of hydrogen-bond acceptors (Lipinski definition) is 2. The van der Waals surface area contributed by atoms with E-state index in [0.29, 0.717) is 18.5 Å². The van der Waals surface area contributed by atoms with Crippen LogP contribution in [-0.2, 0) is 4.79 Å². The Morgan fingerprint density at radius 1 is 1.26 bits per heavy atom. The van der Waals surface area contributed by atoms with Crippen molar-refractivity contribution < 1.29 is 13.6 Å². The summed E-state index contributed by atoms with van der Waals surface area (Å²) in [4.78, 5) is 18.1. The normalized spacial score (nSPS) is 12.0. The summed E-state index contributed by atoms with van der Waals surface area (Å²) < 4.78 is 27.6. The Morgan fingerprint density at radius 2 is 2.04 bits per heavy atom. The van der Waals surface area contributed by atoms with E-state index < -0.39 is 17.7 Å². The van der Waals surface area contributed by atoms with Gasteiger partial charge in [0.05, 0.1) is 6.04 Å². The van der Waals surface area contributed by atoms with Crippen molar-refractivity contribution in [3.63, 3.8) is 0 Å². The second-order valence-electron chi connectivity index (χ2n) is 5.30. The molecule has 2 rings (SSSR count). The fourth-order valence-corrected chi connectivity index (χ4v) is 2.63. The summed E-state index contributed by atoms with van der Waals surface area (Å²) in [5, 5.41) is 0. The molecule has 0 N–H and O–H groups in total. The van der Waals surface area contributed by atoms with Crippen LogP contribution < -0.4 is 0 Å². The molecular weight excluding hydrogens is 298 g/mol. The number of amides is 1. The lowest BCUT2D eigenvalue weighted by Gasteiger charge is -2.32. The first kappa shape index (κ1) is 17.1. The Kier molecular flexibility index (Phi) is 5.79. The molecule has 0 unspecified atom stereocenters. The van der Waals surface area contributed by atoms with Crippen LogP contribution in [0.3, 0.4) is 0 Å². The second-order valence-corrected chi connectivity index (χ2v) is 5.30. The van der Waals surface area contributed by atoms with Crippen LogP contribution in [0.4, 0.5) is 8.78 Å². The average molecular weight is 318 g/mol. The molecule has 1 atom stereocenters. The van der Waals surface area contributed by atoms with Gasteiger partial charge in [-0.15, -0.1) is 0 Å². The van der Waals surface area contributed by atoms with E-state index in [1.54, 1.807) is 36.4 Å². The highest BCUT2D eigenvalue weighted by Gasteiger charge is 2.27. The third-order valence-corrected chi connectivity index (χ3v) is 3.66. The van der Waals surface area contributed by atoms with E-state index in [4.69, 9.17) is 0 Å². The lowest BCUT2D eigenvalue weighted by atomic mass is 9.97. The number of halogens is 2. The number of carbonyl (C=O) groups is 1. The first-order valence-electron chi connectivity index (χ1n) is 7.72. The number of benzene rings is 1. The molecule has 0 aliphatic carbocycles. The van der Waals surface area contributed by atoms with E-state index in [2.05, 4.69) is 4.98 Å². The zero-order valence-corrected chi connectivity index (χ0v) is 13.3. The van der Waals surface area contributed by atoms with E-state index in [1.165, 1.54) is 12.1 Å². The number of carbonyl (C=O) groups excluding carboxylic acids is 1. The van der Waals surface area contributed by atoms with E-state index in [1.807, 2.05) is 6.92 Å². The van der Waals surface area contributed by atoms with Crippen LogP contribution in [0.15, 0.2) is 42.7 Å². The first-order valence-corrected chi connectivity index (χ1v) is 7.72. The van der Waals surface area contributed by atoms with Crippen LogP contribution in [-0.4, -0.2) is 22.3 Å². The van der Waals surface area contributed by atoms with Gasteiger partial charge in [0.15, 0.2) is 0 Å². The molecule has 0 fully saturated rings. The van der Waals surface area contributed by atoms with Crippen molar-refractivity contribution in [1.29, 1.82) is 0 Å². The highest BCUT2D eigenvalue weighted by atomic mass is 19.1. The Balaban J connectivity index is 2.57. The summed E-state index contributed by atoms with van der Waals surface area (Å²) in [6.07, 6.45) is 4.29. The fourth-order valence-electron chi connectivity index (χ4n) is 2.63. The van der Waals surface area contributed by atoms with Crippen molar-refractivity contribution in [2.24, 2.45) is 0 Å². The average Bonchev–Trinajstić information content (AvgIpc) is 2.56. The highest BCUT2D eigenvalue weighted by molar-refractivity contribution is 5.77. The maximum atomic E-state index is 14.4. The van der Waals surface area contributed by atoms with Crippen LogP contribution in [0.1, 0.15) is 43.9 Å². The van der Waals surface area contributed by atoms with E-state index in [9.17, 15) is 13.6 Å². The topological polar surface area (TPSA) is 33.2 Å². The smallest absolute Gasteiger partial charge is 0.223 e. The zero-order valence-electron chi connectivity index (χ0n) is 13.3. The van der Waals surface area contributed by atoms with Crippen molar-refractivity contribution in [3.05, 3.63) is 65.5 Å². The van der Waals surface area contributed by atoms with Crippen molar-refractivity contribution in [3.8, 4) is 0 Å². The predicted octanol–water partition coefficient (Wildman–Crippen LogP) is 4.10. The number of pyridine rings is 1. The standard InChI is InChI=1S/C18H20F2N2O/c1-3-10-22(17(23)4-2)18(13-6-5-9-21-12-13)15-8-7-14(19)11-16(15)20/h5-9,11-12,18H,3-4,10H2,1-2H3/t18-/m1/s1. The molecule has 0 aliphatic rings. The summed E-state index contributed by atoms with van der Waals surface area (Å²) in [6.45, 7) is 4.21. The number of rotatable bonds is 6. The van der Waals surface area contributed by atoms with Crippen LogP contribution in [0, 0.1) is 11.6 Å². The molecule has 0 saturated carbocycles. The van der Waals surface area contributed by atoms with Crippen molar-refractivity contribution in [2.45, 2.75) is 32.7 Å². The summed E-state index contributed by atoms with van der Waals surface area (Å²) in [7, 11) is 0. The Morgan fingerprint density at radius 3 is 2.61 bits per heavy atom. The van der Waals surface area contributed by atoms with Gasteiger partial charge in [0, 0.05) is 37.0 Å². The number of aromatic nitrogens is 1. The molecular formula is C18H20F2N2O. The van der Waals surface area contributed by atoms with Gasteiger partial charge >= 0.3 is 0 Å². The summed E-state index contributed by atoms with van der Waals surface area (Å²) >= 11 is 0. The number of hydrogen-bond donors (Lipinski definition) is 0. The van der Waals surface area contributed by atoms with Crippen LogP contribution in [0.5, 0.6) is 0 Å². The van der Waals surface area contributed by atoms with Gasteiger partial charge in [0.1, 0.15) is 11.6 Å². The SMILES string of the molecule is CCCN(C(=O)CC)[C@H](c1cccnc1)c1ccc(F)cc1F. The fraction of sp³-hybridized carbons (Fsp3) is 0.333. The molecule has 0 spiro atoms. The first-order chi connectivity index (χ1) is 11.1. The third kappa shape index (κ3) is 3.92. The molecule has 0 radical (unpaired) electrons. The van der Waals surface area contributed by atoms with Gasteiger partial charge in [-0.1, -0.05) is 26.0 Å². The van der Waals surface area contributed by atoms with E-state index in [0.717, 1.165) is 12.5 Å². The Bertz CT molecular complexity index is 661. The molecule has 0 aliphatic heterocycles. The second kappa shape index (κ2) is 7.81. The Hall–Kier alpha value is -2.30. The molecule has 5 heteroatoms. The molecule has 1 aromatic heterocycles. The van der Waals surface area contributed by atoms with Gasteiger partial charge < -0.3 is 4.90 Å². The molecule has 0 saturated heterocycles. The van der Waals surface area contributed by atoms with E-state index >= 15 is 0 Å². The molecule has 1 heterocycles. The van der Waals surface area contributed by atoms with Gasteiger partial charge in [-0.3, -0.25) is 9.78 Å². The van der Waals surface area contributed by atoms with Crippen LogP contribution in [0.25, 0.3) is 0 Å². The van der Waals surface area contributed by atoms with Gasteiger partial charge in [-0.25, -0.2) is 8.78 Å². The quantitative estimate of drug-likeness (QED) is 0.803. The number of nitrogens with zero attached hydrogens (tertiary/aromatic N) is 2. The molecule has 3 nitrogen and oxygen atoms in total. The summed E-state index contributed by atoms with van der Waals surface area (Å²) in [5.74, 6) is -1.38. The molecule has 122 valence electrons. The summed E-state index contributed by atoms with van der Waals surface area (Å²) in [6, 6.07) is 6.38. The van der Waals surface area contributed by atoms with Crippen LogP contribution in [0.2, 0.25) is 0 Å². The highest BCUT2D eigenvalue weighted by Crippen LogP contribution is 2.31. The molecule has 0 bridgehead atoms. The molecule has 23 heavy (non-hydrogen) atoms. The minimum atomic E-state index is -0.663. The lowest BCUT2D eigenvalue weighted by Crippen LogP contribution is -2.36. The zero-order chi connectivity index (χ0) is 16.8. The van der Waals surface area contributed by atoms with Crippen molar-refractivity contribution >= 4 is 5.91 Å².